The normalized spacial score (nSPS) is 17.0. The average molecular weight is 297 g/mol. The van der Waals surface area contributed by atoms with Gasteiger partial charge in [-0.05, 0) is 39.2 Å². The van der Waals surface area contributed by atoms with Crippen LogP contribution in [-0.4, -0.2) is 21.5 Å². The third-order valence-corrected chi connectivity index (χ3v) is 4.38. The van der Waals surface area contributed by atoms with Gasteiger partial charge in [0.15, 0.2) is 0 Å². The van der Waals surface area contributed by atoms with E-state index in [2.05, 4.69) is 42.3 Å². The second-order valence-electron chi connectivity index (χ2n) is 6.59. The lowest BCUT2D eigenvalue weighted by molar-refractivity contribution is -0.124. The van der Waals surface area contributed by atoms with Gasteiger partial charge < -0.3 is 9.88 Å². The van der Waals surface area contributed by atoms with E-state index < -0.39 is 0 Å². The summed E-state index contributed by atoms with van der Waals surface area (Å²) in [6, 6.07) is 6.55. The van der Waals surface area contributed by atoms with Gasteiger partial charge in [-0.3, -0.25) is 4.79 Å². The van der Waals surface area contributed by atoms with Gasteiger partial charge in [-0.1, -0.05) is 29.3 Å². The standard InChI is InChI=1S/C18H23N3O/c1-13-8-14(2)10-16(9-13)18(4-5-18)17(22)20-15(3)11-21-7-6-19-12-21/h6-10,12,15H,4-5,11H2,1-3H3,(H,20,22)/t15-/m1/s1. The summed E-state index contributed by atoms with van der Waals surface area (Å²) in [5.74, 6) is 0.158. The molecule has 2 aromatic rings. The number of carbonyl (C=O) groups is 1. The molecule has 1 fully saturated rings. The fourth-order valence-corrected chi connectivity index (χ4v) is 3.14. The first-order chi connectivity index (χ1) is 10.5. The Kier molecular flexibility index (Phi) is 3.77. The summed E-state index contributed by atoms with van der Waals surface area (Å²) in [4.78, 5) is 16.8. The summed E-state index contributed by atoms with van der Waals surface area (Å²) < 4.78 is 1.99. The van der Waals surface area contributed by atoms with Crippen LogP contribution in [0.4, 0.5) is 0 Å². The molecule has 1 aliphatic rings. The molecule has 1 aliphatic carbocycles. The molecule has 22 heavy (non-hydrogen) atoms. The Morgan fingerprint density at radius 2 is 2.00 bits per heavy atom. The van der Waals surface area contributed by atoms with Crippen LogP contribution < -0.4 is 5.32 Å². The Morgan fingerprint density at radius 1 is 1.32 bits per heavy atom. The number of hydrogen-bond acceptors (Lipinski definition) is 2. The molecule has 1 saturated carbocycles. The SMILES string of the molecule is Cc1cc(C)cc(C2(C(=O)N[C@H](C)Cn3ccnc3)CC2)c1. The van der Waals surface area contributed by atoms with Crippen molar-refractivity contribution in [3.63, 3.8) is 0 Å². The minimum Gasteiger partial charge on any atom is -0.351 e. The maximum atomic E-state index is 12.8. The first kappa shape index (κ1) is 14.8. The molecule has 116 valence electrons. The second kappa shape index (κ2) is 5.59. The minimum atomic E-state index is -0.306. The van der Waals surface area contributed by atoms with Gasteiger partial charge in [-0.15, -0.1) is 0 Å². The average Bonchev–Trinajstić information content (AvgIpc) is 3.11. The van der Waals surface area contributed by atoms with Gasteiger partial charge in [0.2, 0.25) is 5.91 Å². The van der Waals surface area contributed by atoms with Crippen molar-refractivity contribution < 1.29 is 4.79 Å². The van der Waals surface area contributed by atoms with Gasteiger partial charge in [-0.25, -0.2) is 4.98 Å². The summed E-state index contributed by atoms with van der Waals surface area (Å²) in [7, 11) is 0. The maximum absolute atomic E-state index is 12.8. The van der Waals surface area contributed by atoms with Gasteiger partial charge in [0.25, 0.3) is 0 Å². The summed E-state index contributed by atoms with van der Waals surface area (Å²) in [6.07, 6.45) is 7.34. The highest BCUT2D eigenvalue weighted by molar-refractivity contribution is 5.91. The van der Waals surface area contributed by atoms with Crippen molar-refractivity contribution in [2.45, 2.75) is 51.6 Å². The zero-order chi connectivity index (χ0) is 15.7. The molecule has 4 heteroatoms. The Bertz CT molecular complexity index is 651. The van der Waals surface area contributed by atoms with E-state index in [0.29, 0.717) is 0 Å². The number of nitrogens with one attached hydrogen (secondary N) is 1. The number of imidazole rings is 1. The molecule has 1 heterocycles. The number of aromatic nitrogens is 2. The van der Waals surface area contributed by atoms with Crippen LogP contribution in [0, 0.1) is 13.8 Å². The van der Waals surface area contributed by atoms with E-state index in [1.165, 1.54) is 11.1 Å². The minimum absolute atomic E-state index is 0.0880. The molecule has 3 rings (SSSR count). The van der Waals surface area contributed by atoms with E-state index in [1.807, 2.05) is 17.7 Å². The Labute approximate surface area is 131 Å². The molecule has 1 amide bonds. The van der Waals surface area contributed by atoms with Crippen molar-refractivity contribution in [3.05, 3.63) is 53.6 Å². The second-order valence-corrected chi connectivity index (χ2v) is 6.59. The monoisotopic (exact) mass is 297 g/mol. The van der Waals surface area contributed by atoms with Gasteiger partial charge in [0.05, 0.1) is 11.7 Å². The van der Waals surface area contributed by atoms with E-state index in [-0.39, 0.29) is 17.4 Å². The molecule has 1 N–H and O–H groups in total. The van der Waals surface area contributed by atoms with Crippen molar-refractivity contribution in [1.82, 2.24) is 14.9 Å². The smallest absolute Gasteiger partial charge is 0.230 e. The van der Waals surface area contributed by atoms with Crippen molar-refractivity contribution in [1.29, 1.82) is 0 Å². The quantitative estimate of drug-likeness (QED) is 0.922. The van der Waals surface area contributed by atoms with Gasteiger partial charge >= 0.3 is 0 Å². The van der Waals surface area contributed by atoms with Crippen molar-refractivity contribution in [2.75, 3.05) is 0 Å². The van der Waals surface area contributed by atoms with E-state index in [0.717, 1.165) is 24.9 Å². The number of hydrogen-bond donors (Lipinski definition) is 1. The Morgan fingerprint density at radius 3 is 2.55 bits per heavy atom. The topological polar surface area (TPSA) is 46.9 Å². The molecule has 0 spiro atoms. The van der Waals surface area contributed by atoms with E-state index in [1.54, 1.807) is 12.5 Å². The lowest BCUT2D eigenvalue weighted by Crippen LogP contribution is -2.42. The number of nitrogens with zero attached hydrogens (tertiary/aromatic N) is 2. The van der Waals surface area contributed by atoms with Crippen LogP contribution in [0.1, 0.15) is 36.5 Å². The molecular formula is C18H23N3O. The molecule has 4 nitrogen and oxygen atoms in total. The Balaban J connectivity index is 1.71. The predicted octanol–water partition coefficient (Wildman–Crippen LogP) is 2.74. The number of aryl methyl sites for hydroxylation is 2. The van der Waals surface area contributed by atoms with Crippen molar-refractivity contribution in [3.8, 4) is 0 Å². The molecular weight excluding hydrogens is 274 g/mol. The maximum Gasteiger partial charge on any atom is 0.230 e. The molecule has 1 atom stereocenters. The third kappa shape index (κ3) is 2.91. The van der Waals surface area contributed by atoms with Crippen LogP contribution in [0.15, 0.2) is 36.9 Å². The molecule has 1 aromatic heterocycles. The van der Waals surface area contributed by atoms with E-state index in [4.69, 9.17) is 0 Å². The molecule has 1 aromatic carbocycles. The highest BCUT2D eigenvalue weighted by Gasteiger charge is 2.51. The number of benzene rings is 1. The first-order valence-electron chi connectivity index (χ1n) is 7.85. The molecule has 0 radical (unpaired) electrons. The summed E-state index contributed by atoms with van der Waals surface area (Å²) >= 11 is 0. The lowest BCUT2D eigenvalue weighted by atomic mass is 9.91. The fourth-order valence-electron chi connectivity index (χ4n) is 3.14. The summed E-state index contributed by atoms with van der Waals surface area (Å²) in [5.41, 5.74) is 3.30. The van der Waals surface area contributed by atoms with E-state index in [9.17, 15) is 4.79 Å². The molecule has 0 unspecified atom stereocenters. The lowest BCUT2D eigenvalue weighted by Gasteiger charge is -2.21. The van der Waals surface area contributed by atoms with Crippen LogP contribution in [0.5, 0.6) is 0 Å². The highest BCUT2D eigenvalue weighted by Crippen LogP contribution is 2.48. The van der Waals surface area contributed by atoms with Crippen LogP contribution >= 0.6 is 0 Å². The van der Waals surface area contributed by atoms with E-state index >= 15 is 0 Å². The van der Waals surface area contributed by atoms with Gasteiger partial charge in [-0.2, -0.15) is 0 Å². The first-order valence-corrected chi connectivity index (χ1v) is 7.85. The van der Waals surface area contributed by atoms with Crippen molar-refractivity contribution >= 4 is 5.91 Å². The largest absolute Gasteiger partial charge is 0.351 e. The summed E-state index contributed by atoms with van der Waals surface area (Å²) in [6.45, 7) is 6.96. The fraction of sp³-hybridized carbons (Fsp3) is 0.444. The zero-order valence-electron chi connectivity index (χ0n) is 13.5. The third-order valence-electron chi connectivity index (χ3n) is 4.38. The van der Waals surface area contributed by atoms with Gasteiger partial charge in [0.1, 0.15) is 0 Å². The van der Waals surface area contributed by atoms with Gasteiger partial charge in [0, 0.05) is 25.0 Å². The number of amides is 1. The molecule has 0 bridgehead atoms. The number of rotatable bonds is 5. The van der Waals surface area contributed by atoms with Crippen LogP contribution in [0.2, 0.25) is 0 Å². The zero-order valence-corrected chi connectivity index (χ0v) is 13.5. The van der Waals surface area contributed by atoms with Crippen molar-refractivity contribution in [2.24, 2.45) is 0 Å². The molecule has 0 aliphatic heterocycles. The van der Waals surface area contributed by atoms with Crippen LogP contribution in [0.25, 0.3) is 0 Å². The predicted molar refractivity (Wildman–Crippen MR) is 86.7 cm³/mol. The summed E-state index contributed by atoms with van der Waals surface area (Å²) in [5, 5.41) is 3.17. The number of carbonyl (C=O) groups excluding carboxylic acids is 1. The highest BCUT2D eigenvalue weighted by atomic mass is 16.2. The van der Waals surface area contributed by atoms with Crippen LogP contribution in [-0.2, 0) is 16.8 Å². The molecule has 0 saturated heterocycles. The van der Waals surface area contributed by atoms with Crippen LogP contribution in [0.3, 0.4) is 0 Å². The Hall–Kier alpha value is -2.10.